The van der Waals surface area contributed by atoms with Crippen LogP contribution < -0.4 is 10.1 Å². The third kappa shape index (κ3) is 5.82. The van der Waals surface area contributed by atoms with Crippen molar-refractivity contribution in [1.29, 1.82) is 5.26 Å². The van der Waals surface area contributed by atoms with Crippen molar-refractivity contribution in [2.24, 2.45) is 0 Å². The normalized spacial score (nSPS) is 14.6. The number of carbonyl (C=O) groups excluding carboxylic acids is 2. The molecule has 3 N–H and O–H groups in total. The number of fused-ring (bicyclic) bond motifs is 1. The van der Waals surface area contributed by atoms with E-state index in [2.05, 4.69) is 11.4 Å². The number of hydrogen-bond acceptors (Lipinski definition) is 8. The fourth-order valence-electron chi connectivity index (χ4n) is 3.72. The first-order chi connectivity index (χ1) is 15.9. The third-order valence-corrected chi connectivity index (χ3v) is 6.58. The molecule has 2 heterocycles. The Balaban J connectivity index is 1.67. The minimum Gasteiger partial charge on any atom is -0.496 e. The number of anilines is 1. The summed E-state index contributed by atoms with van der Waals surface area (Å²) in [6, 6.07) is 9.73. The second-order valence-corrected chi connectivity index (χ2v) is 8.91. The van der Waals surface area contributed by atoms with Gasteiger partial charge in [0.15, 0.2) is 0 Å². The van der Waals surface area contributed by atoms with Crippen LogP contribution in [0.2, 0.25) is 0 Å². The maximum Gasteiger partial charge on any atom is 0.410 e. The lowest BCUT2D eigenvalue weighted by Crippen LogP contribution is -2.37. The zero-order valence-electron chi connectivity index (χ0n) is 18.5. The number of benzene rings is 1. The molecule has 0 radical (unpaired) electrons. The molecule has 33 heavy (non-hydrogen) atoms. The van der Waals surface area contributed by atoms with Crippen LogP contribution in [0.15, 0.2) is 24.3 Å². The van der Waals surface area contributed by atoms with Gasteiger partial charge in [-0.25, -0.2) is 4.79 Å². The Hall–Kier alpha value is -3.13. The Bertz CT molecular complexity index is 1050. The van der Waals surface area contributed by atoms with Gasteiger partial charge in [-0.1, -0.05) is 25.1 Å². The molecule has 2 aromatic rings. The van der Waals surface area contributed by atoms with E-state index < -0.39 is 18.8 Å². The summed E-state index contributed by atoms with van der Waals surface area (Å²) < 4.78 is 10.4. The molecule has 2 atom stereocenters. The van der Waals surface area contributed by atoms with Crippen molar-refractivity contribution in [3.05, 3.63) is 45.8 Å². The summed E-state index contributed by atoms with van der Waals surface area (Å²) in [6.45, 7) is 1.76. The van der Waals surface area contributed by atoms with Gasteiger partial charge in [0, 0.05) is 17.8 Å². The minimum atomic E-state index is -1.12. The monoisotopic (exact) mass is 473 g/mol. The van der Waals surface area contributed by atoms with Gasteiger partial charge in [0.25, 0.3) is 0 Å². The van der Waals surface area contributed by atoms with Crippen LogP contribution >= 0.6 is 11.3 Å². The molecule has 1 aliphatic heterocycles. The molecule has 2 amide bonds. The van der Waals surface area contributed by atoms with Crippen molar-refractivity contribution < 1.29 is 29.3 Å². The summed E-state index contributed by atoms with van der Waals surface area (Å²) in [4.78, 5) is 27.3. The molecule has 1 aromatic heterocycles. The van der Waals surface area contributed by atoms with Gasteiger partial charge in [-0.3, -0.25) is 4.79 Å². The van der Waals surface area contributed by atoms with E-state index >= 15 is 0 Å². The first-order valence-electron chi connectivity index (χ1n) is 10.6. The topological polar surface area (TPSA) is 132 Å². The quantitative estimate of drug-likeness (QED) is 0.537. The number of rotatable bonds is 8. The van der Waals surface area contributed by atoms with Gasteiger partial charge in [0.2, 0.25) is 5.91 Å². The number of ether oxygens (including phenoxy) is 2. The number of aliphatic hydroxyl groups excluding tert-OH is 2. The summed E-state index contributed by atoms with van der Waals surface area (Å²) in [5.74, 6) is 0.430. The highest BCUT2D eigenvalue weighted by Gasteiger charge is 2.29. The Morgan fingerprint density at radius 1 is 1.36 bits per heavy atom. The highest BCUT2D eigenvalue weighted by atomic mass is 32.1. The molecule has 0 aliphatic carbocycles. The van der Waals surface area contributed by atoms with E-state index in [4.69, 9.17) is 14.6 Å². The van der Waals surface area contributed by atoms with Crippen LogP contribution in [-0.2, 0) is 22.5 Å². The Morgan fingerprint density at radius 2 is 2.12 bits per heavy atom. The number of amides is 2. The third-order valence-electron chi connectivity index (χ3n) is 5.45. The molecule has 0 saturated carbocycles. The average molecular weight is 474 g/mol. The van der Waals surface area contributed by atoms with Gasteiger partial charge in [0.1, 0.15) is 29.5 Å². The van der Waals surface area contributed by atoms with Crippen molar-refractivity contribution in [2.75, 3.05) is 32.2 Å². The zero-order chi connectivity index (χ0) is 24.0. The smallest absolute Gasteiger partial charge is 0.410 e. The number of carbonyl (C=O) groups is 2. The van der Waals surface area contributed by atoms with E-state index in [0.29, 0.717) is 23.5 Å². The number of para-hydroxylation sites is 1. The zero-order valence-corrected chi connectivity index (χ0v) is 19.4. The van der Waals surface area contributed by atoms with Crippen LogP contribution in [-0.4, -0.2) is 60.1 Å². The molecule has 1 aromatic carbocycles. The number of nitriles is 1. The van der Waals surface area contributed by atoms with Crippen molar-refractivity contribution in [2.45, 2.75) is 38.3 Å². The SMILES string of the molecule is COc1ccccc1C(C)CC(=O)Nc1sc2c(c1C#N)CCN(C(=O)OCC(O)CO)C2. The minimum absolute atomic E-state index is 0.0826. The van der Waals surface area contributed by atoms with Gasteiger partial charge < -0.3 is 29.9 Å². The maximum absolute atomic E-state index is 12.7. The van der Waals surface area contributed by atoms with Crippen molar-refractivity contribution in [3.8, 4) is 11.8 Å². The lowest BCUT2D eigenvalue weighted by Gasteiger charge is -2.26. The first-order valence-corrected chi connectivity index (χ1v) is 11.4. The summed E-state index contributed by atoms with van der Waals surface area (Å²) in [7, 11) is 1.59. The lowest BCUT2D eigenvalue weighted by molar-refractivity contribution is -0.116. The molecule has 10 heteroatoms. The molecule has 0 fully saturated rings. The predicted octanol–water partition coefficient (Wildman–Crippen LogP) is 2.61. The largest absolute Gasteiger partial charge is 0.496 e. The van der Waals surface area contributed by atoms with Gasteiger partial charge in [-0.15, -0.1) is 11.3 Å². The van der Waals surface area contributed by atoms with E-state index in [1.54, 1.807) is 7.11 Å². The molecule has 0 bridgehead atoms. The second kappa shape index (κ2) is 11.1. The summed E-state index contributed by atoms with van der Waals surface area (Å²) in [6.07, 6.45) is -1.04. The van der Waals surface area contributed by atoms with Crippen LogP contribution in [0.3, 0.4) is 0 Å². The molecule has 0 saturated heterocycles. The van der Waals surface area contributed by atoms with Crippen molar-refractivity contribution in [3.63, 3.8) is 0 Å². The van der Waals surface area contributed by atoms with Crippen LogP contribution in [0.5, 0.6) is 5.75 Å². The number of hydrogen-bond donors (Lipinski definition) is 3. The van der Waals surface area contributed by atoms with Crippen LogP contribution in [0, 0.1) is 11.3 Å². The molecular formula is C23H27N3O6S. The lowest BCUT2D eigenvalue weighted by atomic mass is 9.96. The van der Waals surface area contributed by atoms with Gasteiger partial charge >= 0.3 is 6.09 Å². The van der Waals surface area contributed by atoms with Crippen molar-refractivity contribution in [1.82, 2.24) is 4.90 Å². The fraction of sp³-hybridized carbons (Fsp3) is 0.435. The standard InChI is InChI=1S/C23H27N3O6S/c1-14(16-5-3-4-6-19(16)31-2)9-21(29)25-22-18(10-24)17-7-8-26(11-20(17)33-22)23(30)32-13-15(28)12-27/h3-6,14-15,27-28H,7-9,11-13H2,1-2H3,(H,25,29). The summed E-state index contributed by atoms with van der Waals surface area (Å²) in [5.41, 5.74) is 2.19. The number of nitrogens with one attached hydrogen (secondary N) is 1. The van der Waals surface area contributed by atoms with Crippen molar-refractivity contribution >= 4 is 28.3 Å². The van der Waals surface area contributed by atoms with Gasteiger partial charge in [-0.05, 0) is 29.5 Å². The summed E-state index contributed by atoms with van der Waals surface area (Å²) in [5, 5.41) is 31.2. The van der Waals surface area contributed by atoms with E-state index in [0.717, 1.165) is 21.8 Å². The maximum atomic E-state index is 12.7. The Morgan fingerprint density at radius 3 is 2.82 bits per heavy atom. The van der Waals surface area contributed by atoms with E-state index in [-0.39, 0.29) is 31.4 Å². The molecular weight excluding hydrogens is 446 g/mol. The van der Waals surface area contributed by atoms with Gasteiger partial charge in [0.05, 0.1) is 25.8 Å². The van der Waals surface area contributed by atoms with E-state index in [9.17, 15) is 20.0 Å². The average Bonchev–Trinajstić information content (AvgIpc) is 3.17. The molecule has 9 nitrogen and oxygen atoms in total. The number of methoxy groups -OCH3 is 1. The molecule has 1 aliphatic rings. The Kier molecular flexibility index (Phi) is 8.27. The van der Waals surface area contributed by atoms with E-state index in [1.165, 1.54) is 16.2 Å². The molecule has 176 valence electrons. The highest BCUT2D eigenvalue weighted by molar-refractivity contribution is 7.16. The Labute approximate surface area is 196 Å². The first kappa shape index (κ1) is 24.5. The number of nitrogens with zero attached hydrogens (tertiary/aromatic N) is 2. The van der Waals surface area contributed by atoms with E-state index in [1.807, 2.05) is 31.2 Å². The van der Waals surface area contributed by atoms with Gasteiger partial charge in [-0.2, -0.15) is 5.26 Å². The number of thiophene rings is 1. The summed E-state index contributed by atoms with van der Waals surface area (Å²) >= 11 is 1.28. The van der Waals surface area contributed by atoms with Crippen LogP contribution in [0.4, 0.5) is 9.80 Å². The fourth-order valence-corrected chi connectivity index (χ4v) is 4.95. The number of aliphatic hydroxyl groups is 2. The molecule has 2 unspecified atom stereocenters. The van der Waals surface area contributed by atoms with Crippen LogP contribution in [0.25, 0.3) is 0 Å². The van der Waals surface area contributed by atoms with Crippen LogP contribution in [0.1, 0.15) is 40.8 Å². The second-order valence-electron chi connectivity index (χ2n) is 7.80. The predicted molar refractivity (Wildman–Crippen MR) is 122 cm³/mol. The molecule has 0 spiro atoms. The highest BCUT2D eigenvalue weighted by Crippen LogP contribution is 2.37. The molecule has 3 rings (SSSR count).